The van der Waals surface area contributed by atoms with Gasteiger partial charge in [0.25, 0.3) is 0 Å². The molecule has 2 aromatic rings. The van der Waals surface area contributed by atoms with Gasteiger partial charge in [-0.3, -0.25) is 4.90 Å². The molecule has 5 nitrogen and oxygen atoms in total. The second-order valence-corrected chi connectivity index (χ2v) is 8.07. The molecule has 0 saturated heterocycles. The fourth-order valence-electron chi connectivity index (χ4n) is 3.34. The number of aliphatic hydroxyl groups excluding tert-OH is 1. The summed E-state index contributed by atoms with van der Waals surface area (Å²) in [6.07, 6.45) is 4.68. The highest BCUT2D eigenvalue weighted by Crippen LogP contribution is 2.26. The van der Waals surface area contributed by atoms with E-state index >= 15 is 0 Å². The molecule has 0 fully saturated rings. The quantitative estimate of drug-likeness (QED) is 0.424. The van der Waals surface area contributed by atoms with Crippen molar-refractivity contribution < 1.29 is 19.1 Å². The average molecular weight is 465 g/mol. The highest BCUT2D eigenvalue weighted by molar-refractivity contribution is 6.42. The van der Waals surface area contributed by atoms with Gasteiger partial charge in [-0.25, -0.2) is 4.39 Å². The van der Waals surface area contributed by atoms with E-state index in [0.29, 0.717) is 35.1 Å². The highest BCUT2D eigenvalue weighted by atomic mass is 35.5. The van der Waals surface area contributed by atoms with Crippen molar-refractivity contribution in [2.75, 3.05) is 26.3 Å². The molecule has 1 heterocycles. The molecule has 0 amide bonds. The lowest BCUT2D eigenvalue weighted by Crippen LogP contribution is -2.39. The first-order chi connectivity index (χ1) is 15.0. The third-order valence-corrected chi connectivity index (χ3v) is 5.50. The average Bonchev–Trinajstić information content (AvgIpc) is 3.20. The van der Waals surface area contributed by atoms with Gasteiger partial charge in [-0.05, 0) is 18.2 Å². The van der Waals surface area contributed by atoms with Gasteiger partial charge in [0, 0.05) is 37.2 Å². The Hall–Kier alpha value is -2.14. The smallest absolute Gasteiger partial charge is 0.145 e. The summed E-state index contributed by atoms with van der Waals surface area (Å²) in [7, 11) is 0. The molecule has 0 bridgehead atoms. The van der Waals surface area contributed by atoms with Crippen molar-refractivity contribution >= 4 is 28.9 Å². The van der Waals surface area contributed by atoms with E-state index in [-0.39, 0.29) is 31.7 Å². The lowest BCUT2D eigenvalue weighted by molar-refractivity contribution is 0.00392. The summed E-state index contributed by atoms with van der Waals surface area (Å²) in [6.45, 7) is 1.22. The van der Waals surface area contributed by atoms with Crippen LogP contribution in [0.1, 0.15) is 17.5 Å². The molecule has 164 valence electrons. The van der Waals surface area contributed by atoms with Crippen molar-refractivity contribution in [2.45, 2.75) is 25.2 Å². The molecule has 0 aromatic heterocycles. The maximum absolute atomic E-state index is 14.2. The molecule has 3 rings (SSSR count). The van der Waals surface area contributed by atoms with Crippen LogP contribution in [0.4, 0.5) is 4.39 Å². The van der Waals surface area contributed by atoms with Crippen LogP contribution in [0, 0.1) is 18.2 Å². The van der Waals surface area contributed by atoms with Crippen LogP contribution in [0.5, 0.6) is 0 Å². The van der Waals surface area contributed by atoms with Crippen LogP contribution in [0.2, 0.25) is 10.0 Å². The van der Waals surface area contributed by atoms with E-state index < -0.39 is 6.10 Å². The third kappa shape index (κ3) is 6.93. The van der Waals surface area contributed by atoms with E-state index in [1.165, 1.54) is 6.07 Å². The van der Waals surface area contributed by atoms with Crippen LogP contribution in [-0.2, 0) is 16.1 Å². The summed E-state index contributed by atoms with van der Waals surface area (Å²) in [5.41, 5.74) is 2.12. The van der Waals surface area contributed by atoms with Crippen LogP contribution in [-0.4, -0.2) is 54.2 Å². The van der Waals surface area contributed by atoms with E-state index in [1.807, 2.05) is 11.0 Å². The predicted octanol–water partition coefficient (Wildman–Crippen LogP) is 4.14. The van der Waals surface area contributed by atoms with Crippen LogP contribution < -0.4 is 0 Å². The number of benzene rings is 2. The summed E-state index contributed by atoms with van der Waals surface area (Å²) in [6, 6.07) is 11.9. The molecule has 1 N–H and O–H groups in total. The first-order valence-corrected chi connectivity index (χ1v) is 10.5. The van der Waals surface area contributed by atoms with Gasteiger partial charge in [-0.15, -0.1) is 6.42 Å². The number of hydrogen-bond donors (Lipinski definition) is 1. The van der Waals surface area contributed by atoms with Crippen molar-refractivity contribution in [3.63, 3.8) is 0 Å². The molecule has 1 aliphatic rings. The lowest BCUT2D eigenvalue weighted by Gasteiger charge is -2.27. The molecule has 8 heteroatoms. The first-order valence-electron chi connectivity index (χ1n) is 9.79. The second-order valence-electron chi connectivity index (χ2n) is 7.26. The van der Waals surface area contributed by atoms with E-state index in [0.717, 1.165) is 11.3 Å². The monoisotopic (exact) mass is 464 g/mol. The maximum Gasteiger partial charge on any atom is 0.145 e. The fourth-order valence-corrected chi connectivity index (χ4v) is 3.63. The molecule has 2 atom stereocenters. The summed E-state index contributed by atoms with van der Waals surface area (Å²) in [4.78, 5) is 7.52. The molecule has 0 spiro atoms. The number of nitrogens with zero attached hydrogens (tertiary/aromatic N) is 2. The maximum atomic E-state index is 14.2. The summed E-state index contributed by atoms with van der Waals surface area (Å²) < 4.78 is 19.4. The van der Waals surface area contributed by atoms with Gasteiger partial charge in [-0.1, -0.05) is 58.5 Å². The SMILES string of the molecule is C#CCOCC(O)CN(Cc1ccccc1F)CC1CC(c2ccc(Cl)c(Cl)c2)=NO1. The Kier molecular flexibility index (Phi) is 8.70. The largest absolute Gasteiger partial charge is 0.390 e. The number of oxime groups is 1. The van der Waals surface area contributed by atoms with Gasteiger partial charge in [0.15, 0.2) is 0 Å². The Balaban J connectivity index is 1.64. The Morgan fingerprint density at radius 1 is 1.29 bits per heavy atom. The number of aliphatic hydroxyl groups is 1. The van der Waals surface area contributed by atoms with Crippen LogP contribution in [0.25, 0.3) is 0 Å². The lowest BCUT2D eigenvalue weighted by atomic mass is 10.0. The van der Waals surface area contributed by atoms with E-state index in [4.69, 9.17) is 39.2 Å². The van der Waals surface area contributed by atoms with Crippen LogP contribution >= 0.6 is 23.2 Å². The molecule has 0 radical (unpaired) electrons. The van der Waals surface area contributed by atoms with Gasteiger partial charge in [0.05, 0.1) is 28.5 Å². The summed E-state index contributed by atoms with van der Waals surface area (Å²) in [5.74, 6) is 2.06. The van der Waals surface area contributed by atoms with Gasteiger partial charge >= 0.3 is 0 Å². The molecular formula is C23H23Cl2FN2O3. The summed E-state index contributed by atoms with van der Waals surface area (Å²) >= 11 is 12.1. The predicted molar refractivity (Wildman–Crippen MR) is 120 cm³/mol. The van der Waals surface area contributed by atoms with Gasteiger partial charge in [-0.2, -0.15) is 0 Å². The Morgan fingerprint density at radius 2 is 2.10 bits per heavy atom. The molecule has 2 aromatic carbocycles. The van der Waals surface area contributed by atoms with Gasteiger partial charge in [0.2, 0.25) is 0 Å². The van der Waals surface area contributed by atoms with E-state index in [2.05, 4.69) is 11.1 Å². The van der Waals surface area contributed by atoms with E-state index in [9.17, 15) is 9.50 Å². The zero-order valence-corrected chi connectivity index (χ0v) is 18.3. The molecule has 0 saturated carbocycles. The zero-order chi connectivity index (χ0) is 22.2. The van der Waals surface area contributed by atoms with Crippen LogP contribution in [0.3, 0.4) is 0 Å². The number of rotatable bonds is 10. The van der Waals surface area contributed by atoms with Crippen molar-refractivity contribution in [1.82, 2.24) is 4.90 Å². The van der Waals surface area contributed by atoms with Gasteiger partial charge in [0.1, 0.15) is 18.5 Å². The third-order valence-electron chi connectivity index (χ3n) is 4.76. The molecule has 0 aliphatic carbocycles. The Labute approximate surface area is 191 Å². The second kappa shape index (κ2) is 11.5. The Bertz CT molecular complexity index is 964. The Morgan fingerprint density at radius 3 is 2.84 bits per heavy atom. The zero-order valence-electron chi connectivity index (χ0n) is 16.8. The van der Waals surface area contributed by atoms with Crippen molar-refractivity contribution in [1.29, 1.82) is 0 Å². The minimum Gasteiger partial charge on any atom is -0.390 e. The van der Waals surface area contributed by atoms with Gasteiger partial charge < -0.3 is 14.7 Å². The molecular weight excluding hydrogens is 442 g/mol. The fraction of sp³-hybridized carbons (Fsp3) is 0.348. The minimum absolute atomic E-state index is 0.0918. The van der Waals surface area contributed by atoms with Crippen LogP contribution in [0.15, 0.2) is 47.6 Å². The standard InChI is InChI=1S/C23H23Cl2FN2O3/c1-2-9-30-15-18(29)13-28(12-17-5-3-4-6-22(17)26)14-19-11-23(27-31-19)16-7-8-20(24)21(25)10-16/h1,3-8,10,18-19,29H,9,11-15H2. The normalized spacial score (nSPS) is 16.6. The minimum atomic E-state index is -0.781. The van der Waals surface area contributed by atoms with Crippen molar-refractivity contribution in [3.05, 3.63) is 69.5 Å². The number of ether oxygens (including phenoxy) is 1. The van der Waals surface area contributed by atoms with Crippen molar-refractivity contribution in [2.24, 2.45) is 5.16 Å². The molecule has 1 aliphatic heterocycles. The number of terminal acetylenes is 1. The summed E-state index contributed by atoms with van der Waals surface area (Å²) in [5, 5.41) is 15.4. The topological polar surface area (TPSA) is 54.3 Å². The van der Waals surface area contributed by atoms with Crippen molar-refractivity contribution in [3.8, 4) is 12.3 Å². The molecule has 2 unspecified atom stereocenters. The highest BCUT2D eigenvalue weighted by Gasteiger charge is 2.26. The first kappa shape index (κ1) is 23.5. The van der Waals surface area contributed by atoms with E-state index in [1.54, 1.807) is 30.3 Å². The molecule has 31 heavy (non-hydrogen) atoms. The number of hydrogen-bond acceptors (Lipinski definition) is 5. The number of halogens is 3.